The summed E-state index contributed by atoms with van der Waals surface area (Å²) < 4.78 is 0. The second-order valence-electron chi connectivity index (χ2n) is 1.42. The molecule has 0 bridgehead atoms. The summed E-state index contributed by atoms with van der Waals surface area (Å²) in [4.78, 5) is 23.7. The fourth-order valence-corrected chi connectivity index (χ4v) is 0.339. The van der Waals surface area contributed by atoms with E-state index in [0.717, 1.165) is 0 Å². The van der Waals surface area contributed by atoms with Crippen LogP contribution in [-0.2, 0) is 9.59 Å². The Kier molecular flexibility index (Phi) is 3.27. The Labute approximate surface area is 52.8 Å². The molecule has 4 heteroatoms. The van der Waals surface area contributed by atoms with Crippen molar-refractivity contribution in [2.75, 3.05) is 0 Å². The number of nitrogens with two attached hydrogens (primary N) is 1. The third-order valence-corrected chi connectivity index (χ3v) is 0.599. The number of amides is 2. The summed E-state index contributed by atoms with van der Waals surface area (Å²) in [7, 11) is 0. The van der Waals surface area contributed by atoms with Crippen LogP contribution in [0, 0.1) is 0 Å². The first-order valence-electron chi connectivity index (χ1n) is 2.46. The molecule has 4 nitrogen and oxygen atoms in total. The van der Waals surface area contributed by atoms with Crippen molar-refractivity contribution >= 4 is 18.0 Å². The lowest BCUT2D eigenvalue weighted by atomic mass is 10.4. The van der Waals surface area contributed by atoms with Crippen molar-refractivity contribution in [2.24, 2.45) is 10.7 Å². The molecule has 0 aromatic heterocycles. The average Bonchev–Trinajstić information content (AvgIpc) is 1.63. The summed E-state index contributed by atoms with van der Waals surface area (Å²) in [5.41, 5.74) is 4.69. The molecule has 0 saturated carbocycles. The molecule has 0 saturated heterocycles. The molecule has 0 fully saturated rings. The van der Waals surface area contributed by atoms with Gasteiger partial charge in [-0.05, 0) is 6.92 Å². The smallest absolute Gasteiger partial charge is 0.254 e. The molecule has 0 aliphatic heterocycles. The molecule has 0 heterocycles. The van der Waals surface area contributed by atoms with E-state index in [1.165, 1.54) is 6.21 Å². The fraction of sp³-hybridized carbons (Fsp3) is 0.400. The van der Waals surface area contributed by atoms with Crippen LogP contribution in [0.5, 0.6) is 0 Å². The van der Waals surface area contributed by atoms with Crippen molar-refractivity contribution in [3.8, 4) is 0 Å². The van der Waals surface area contributed by atoms with E-state index in [1.54, 1.807) is 6.92 Å². The lowest BCUT2D eigenvalue weighted by molar-refractivity contribution is -0.125. The highest BCUT2D eigenvalue weighted by Crippen LogP contribution is 1.80. The van der Waals surface area contributed by atoms with Gasteiger partial charge in [-0.25, -0.2) is 4.99 Å². The molecule has 0 radical (unpaired) electrons. The van der Waals surface area contributed by atoms with Crippen LogP contribution in [0.2, 0.25) is 0 Å². The van der Waals surface area contributed by atoms with Crippen LogP contribution in [0.25, 0.3) is 0 Å². The second-order valence-corrected chi connectivity index (χ2v) is 1.42. The number of hydrogen-bond acceptors (Lipinski definition) is 2. The summed E-state index contributed by atoms with van der Waals surface area (Å²) >= 11 is 0. The van der Waals surface area contributed by atoms with Gasteiger partial charge >= 0.3 is 0 Å². The number of primary amides is 1. The van der Waals surface area contributed by atoms with Crippen LogP contribution in [0.15, 0.2) is 4.99 Å². The van der Waals surface area contributed by atoms with E-state index in [0.29, 0.717) is 0 Å². The first-order valence-corrected chi connectivity index (χ1v) is 2.46. The minimum absolute atomic E-state index is 0.301. The molecule has 9 heavy (non-hydrogen) atoms. The first-order chi connectivity index (χ1) is 4.16. The highest BCUT2D eigenvalue weighted by molar-refractivity contribution is 5.98. The molecule has 2 N–H and O–H groups in total. The second kappa shape index (κ2) is 3.77. The van der Waals surface area contributed by atoms with Crippen LogP contribution in [-0.4, -0.2) is 18.0 Å². The Morgan fingerprint density at radius 2 is 2.22 bits per heavy atom. The van der Waals surface area contributed by atoms with E-state index in [4.69, 9.17) is 0 Å². The quantitative estimate of drug-likeness (QED) is 0.401. The van der Waals surface area contributed by atoms with Gasteiger partial charge in [-0.15, -0.1) is 0 Å². The normalized spacial score (nSPS) is 9.89. The van der Waals surface area contributed by atoms with Crippen LogP contribution < -0.4 is 5.73 Å². The van der Waals surface area contributed by atoms with Gasteiger partial charge in [0.2, 0.25) is 5.91 Å². The molecule has 2 amide bonds. The Morgan fingerprint density at radius 1 is 1.67 bits per heavy atom. The molecule has 0 aromatic carbocycles. The van der Waals surface area contributed by atoms with Crippen LogP contribution in [0.1, 0.15) is 13.3 Å². The minimum atomic E-state index is -0.648. The third-order valence-electron chi connectivity index (χ3n) is 0.599. The number of aliphatic imine (C=N–C) groups is 1. The van der Waals surface area contributed by atoms with Crippen molar-refractivity contribution in [3.63, 3.8) is 0 Å². The number of carbonyl (C=O) groups excluding carboxylic acids is 2. The van der Waals surface area contributed by atoms with Crippen molar-refractivity contribution in [1.82, 2.24) is 0 Å². The van der Waals surface area contributed by atoms with E-state index in [1.807, 2.05) is 0 Å². The van der Waals surface area contributed by atoms with E-state index < -0.39 is 11.8 Å². The number of hydrogen-bond donors (Lipinski definition) is 1. The predicted octanol–water partition coefficient (Wildman–Crippen LogP) is -0.521. The molecule has 0 atom stereocenters. The average molecular weight is 128 g/mol. The lowest BCUT2D eigenvalue weighted by Crippen LogP contribution is -2.14. The molecular formula is C5H8N2O2. The number of nitrogens with zero attached hydrogens (tertiary/aromatic N) is 1. The zero-order chi connectivity index (χ0) is 7.28. The first kappa shape index (κ1) is 7.81. The largest absolute Gasteiger partial charge is 0.369 e. The number of carbonyl (C=O) groups is 2. The molecule has 0 spiro atoms. The monoisotopic (exact) mass is 128 g/mol. The maximum absolute atomic E-state index is 10.4. The van der Waals surface area contributed by atoms with E-state index >= 15 is 0 Å². The van der Waals surface area contributed by atoms with Gasteiger partial charge in [0, 0.05) is 6.21 Å². The summed E-state index contributed by atoms with van der Waals surface area (Å²) in [5, 5.41) is 0. The van der Waals surface area contributed by atoms with Crippen molar-refractivity contribution in [2.45, 2.75) is 13.3 Å². The Bertz CT molecular complexity index is 151. The summed E-state index contributed by atoms with van der Waals surface area (Å²) in [6, 6.07) is 0. The molecule has 0 unspecified atom stereocenters. The van der Waals surface area contributed by atoms with E-state index in [-0.39, 0.29) is 6.42 Å². The molecule has 0 aromatic rings. The van der Waals surface area contributed by atoms with Crippen LogP contribution >= 0.6 is 0 Å². The van der Waals surface area contributed by atoms with Crippen LogP contribution in [0.3, 0.4) is 0 Å². The van der Waals surface area contributed by atoms with Crippen molar-refractivity contribution in [1.29, 1.82) is 0 Å². The molecular weight excluding hydrogens is 120 g/mol. The van der Waals surface area contributed by atoms with Crippen molar-refractivity contribution < 1.29 is 9.59 Å². The predicted molar refractivity (Wildman–Crippen MR) is 33.0 cm³/mol. The van der Waals surface area contributed by atoms with Gasteiger partial charge in [0.25, 0.3) is 5.91 Å². The maximum Gasteiger partial charge on any atom is 0.254 e. The van der Waals surface area contributed by atoms with Crippen molar-refractivity contribution in [3.05, 3.63) is 0 Å². The topological polar surface area (TPSA) is 72.5 Å². The van der Waals surface area contributed by atoms with E-state index in [9.17, 15) is 9.59 Å². The van der Waals surface area contributed by atoms with Crippen LogP contribution in [0.4, 0.5) is 0 Å². The molecule has 50 valence electrons. The number of rotatable bonds is 2. The Hall–Kier alpha value is -1.19. The zero-order valence-corrected chi connectivity index (χ0v) is 5.13. The van der Waals surface area contributed by atoms with Gasteiger partial charge in [0.15, 0.2) is 0 Å². The standard InChI is InChI=1S/C5H8N2O2/c1-2-7-5(9)3-4(6)8/h2H,3H2,1H3,(H2,6,8). The molecule has 0 aliphatic rings. The minimum Gasteiger partial charge on any atom is -0.369 e. The van der Waals surface area contributed by atoms with Gasteiger partial charge in [-0.2, -0.15) is 0 Å². The zero-order valence-electron chi connectivity index (χ0n) is 5.13. The van der Waals surface area contributed by atoms with Gasteiger partial charge in [-0.3, -0.25) is 9.59 Å². The Balaban J connectivity index is 3.64. The summed E-state index contributed by atoms with van der Waals surface area (Å²) in [6.07, 6.45) is 1.02. The maximum atomic E-state index is 10.4. The third kappa shape index (κ3) is 4.67. The van der Waals surface area contributed by atoms with Gasteiger partial charge < -0.3 is 5.73 Å². The SMILES string of the molecule is CC=NC(=O)CC(N)=O. The van der Waals surface area contributed by atoms with Gasteiger partial charge in [-0.1, -0.05) is 0 Å². The lowest BCUT2D eigenvalue weighted by Gasteiger charge is -1.85. The van der Waals surface area contributed by atoms with Gasteiger partial charge in [0.05, 0.1) is 0 Å². The highest BCUT2D eigenvalue weighted by Gasteiger charge is 2.00. The molecule has 0 aliphatic carbocycles. The summed E-state index contributed by atoms with van der Waals surface area (Å²) in [5.74, 6) is -1.14. The highest BCUT2D eigenvalue weighted by atomic mass is 16.2. The van der Waals surface area contributed by atoms with Gasteiger partial charge in [0.1, 0.15) is 6.42 Å². The summed E-state index contributed by atoms with van der Waals surface area (Å²) in [6.45, 7) is 1.60. The fourth-order valence-electron chi connectivity index (χ4n) is 0.339. The Morgan fingerprint density at radius 3 is 2.56 bits per heavy atom. The van der Waals surface area contributed by atoms with E-state index in [2.05, 4.69) is 10.7 Å². The molecule has 0 rings (SSSR count).